The lowest BCUT2D eigenvalue weighted by Crippen LogP contribution is -2.65. The van der Waals surface area contributed by atoms with Crippen LogP contribution in [0.4, 0.5) is 0 Å². The molecule has 0 amide bonds. The zero-order chi connectivity index (χ0) is 36.2. The van der Waals surface area contributed by atoms with Crippen LogP contribution in [0.2, 0.25) is 18.1 Å². The maximum atomic E-state index is 7.20. The summed E-state index contributed by atoms with van der Waals surface area (Å²) in [6.45, 7) is 21.2. The number of hydrogen-bond donors (Lipinski definition) is 0. The summed E-state index contributed by atoms with van der Waals surface area (Å²) in [7, 11) is 1.48. The van der Waals surface area contributed by atoms with E-state index in [4.69, 9.17) is 32.8 Å². The molecule has 1 heterocycles. The average molecular weight is 709 g/mol. The maximum absolute atomic E-state index is 7.20. The second-order valence-electron chi connectivity index (χ2n) is 17.0. The van der Waals surface area contributed by atoms with E-state index >= 15 is 0 Å². The second kappa shape index (κ2) is 16.3. The van der Waals surface area contributed by atoms with Gasteiger partial charge in [0.05, 0.1) is 45.2 Å². The maximum Gasteiger partial charge on any atom is 0.191 e. The Morgan fingerprint density at radius 2 is 1.62 bits per heavy atom. The van der Waals surface area contributed by atoms with Crippen LogP contribution in [-0.4, -0.2) is 66.5 Å². The van der Waals surface area contributed by atoms with Gasteiger partial charge >= 0.3 is 0 Å². The topological polar surface area (TPSA) is 64.6 Å². The molecule has 7 nitrogen and oxygen atoms in total. The molecule has 2 fully saturated rings. The summed E-state index contributed by atoms with van der Waals surface area (Å²) in [5, 5.41) is 0.151. The van der Waals surface area contributed by atoms with Crippen molar-refractivity contribution in [2.45, 2.75) is 122 Å². The third-order valence-electron chi connectivity index (χ3n) is 12.5. The molecule has 1 saturated carbocycles. The zero-order valence-electron chi connectivity index (χ0n) is 32.5. The van der Waals surface area contributed by atoms with E-state index in [-0.39, 0.29) is 47.4 Å². The molecule has 5 rings (SSSR count). The average Bonchev–Trinajstić information content (AvgIpc) is 3.38. The first-order valence-electron chi connectivity index (χ1n) is 18.7. The first-order chi connectivity index (χ1) is 23.7. The smallest absolute Gasteiger partial charge is 0.191 e. The van der Waals surface area contributed by atoms with Gasteiger partial charge in [-0.15, -0.1) is 0 Å². The molecule has 2 bridgehead atoms. The number of ether oxygens (including phenoxy) is 6. The number of fused-ring (bicyclic) bond motifs is 2. The third-order valence-corrected chi connectivity index (χ3v) is 17.0. The highest BCUT2D eigenvalue weighted by Crippen LogP contribution is 2.55. The van der Waals surface area contributed by atoms with Crippen molar-refractivity contribution in [3.8, 4) is 5.75 Å². The molecule has 278 valence electrons. The largest absolute Gasteiger partial charge is 0.497 e. The highest BCUT2D eigenvalue weighted by atomic mass is 28.4. The van der Waals surface area contributed by atoms with E-state index in [1.165, 1.54) is 11.1 Å². The van der Waals surface area contributed by atoms with Gasteiger partial charge in [0.15, 0.2) is 8.32 Å². The number of hydrogen-bond acceptors (Lipinski definition) is 7. The quantitative estimate of drug-likeness (QED) is 0.104. The number of rotatable bonds is 15. The lowest BCUT2D eigenvalue weighted by molar-refractivity contribution is -0.292. The fraction of sp³-hybridized carbons (Fsp3) is 0.667. The van der Waals surface area contributed by atoms with Gasteiger partial charge in [0.1, 0.15) is 18.1 Å². The van der Waals surface area contributed by atoms with Crippen LogP contribution < -0.4 is 4.74 Å². The number of benzene rings is 2. The molecule has 0 spiro atoms. The van der Waals surface area contributed by atoms with Crippen LogP contribution in [0.25, 0.3) is 0 Å². The Bertz CT molecular complexity index is 1390. The van der Waals surface area contributed by atoms with Crippen molar-refractivity contribution in [3.05, 3.63) is 77.4 Å². The van der Waals surface area contributed by atoms with Crippen molar-refractivity contribution >= 4 is 8.32 Å². The number of methoxy groups -OCH3 is 2. The normalized spacial score (nSPS) is 30.8. The van der Waals surface area contributed by atoms with Crippen LogP contribution in [0, 0.1) is 23.2 Å². The molecule has 0 aromatic heterocycles. The molecule has 1 saturated heterocycles. The molecule has 50 heavy (non-hydrogen) atoms. The molecule has 1 aliphatic heterocycles. The molecule has 2 aliphatic carbocycles. The fourth-order valence-corrected chi connectivity index (χ4v) is 9.20. The van der Waals surface area contributed by atoms with Crippen LogP contribution in [0.3, 0.4) is 0 Å². The molecule has 0 N–H and O–H groups in total. The van der Waals surface area contributed by atoms with E-state index in [1.54, 1.807) is 14.2 Å². The van der Waals surface area contributed by atoms with E-state index in [1.807, 2.05) is 12.1 Å². The molecular weight excluding hydrogens is 645 g/mol. The Morgan fingerprint density at radius 1 is 0.920 bits per heavy atom. The monoisotopic (exact) mass is 708 g/mol. The molecule has 0 unspecified atom stereocenters. The van der Waals surface area contributed by atoms with Crippen LogP contribution in [0.5, 0.6) is 5.75 Å². The van der Waals surface area contributed by atoms with E-state index in [0.717, 1.165) is 37.0 Å². The van der Waals surface area contributed by atoms with E-state index in [2.05, 4.69) is 103 Å². The minimum atomic E-state index is -1.91. The van der Waals surface area contributed by atoms with Crippen molar-refractivity contribution in [2.24, 2.45) is 23.2 Å². The van der Waals surface area contributed by atoms with Crippen molar-refractivity contribution in [1.82, 2.24) is 0 Å². The van der Waals surface area contributed by atoms with Crippen LogP contribution in [0.15, 0.2) is 66.2 Å². The van der Waals surface area contributed by atoms with Gasteiger partial charge in [0.2, 0.25) is 0 Å². The Hall–Kier alpha value is -2.04. The summed E-state index contributed by atoms with van der Waals surface area (Å²) in [6.07, 6.45) is 6.00. The zero-order valence-corrected chi connectivity index (χ0v) is 33.5. The van der Waals surface area contributed by atoms with E-state index < -0.39 is 13.9 Å². The molecular formula is C42H64O7Si. The molecule has 0 radical (unpaired) electrons. The van der Waals surface area contributed by atoms with Gasteiger partial charge in [0, 0.05) is 19.6 Å². The summed E-state index contributed by atoms with van der Waals surface area (Å²) < 4.78 is 44.8. The van der Waals surface area contributed by atoms with Crippen molar-refractivity contribution in [2.75, 3.05) is 34.2 Å². The SMILES string of the molecule is COCO[C@@H]1[C@H]2CC/C(=C/[C@H]([C@]3(OCc4ccccc4)CO[C@@H]3CCO[Si](C)(C)C(C)(C)C)[C@@H](C)C[C@H]1OCc1ccc(OC)cc1)C2(C)C. The van der Waals surface area contributed by atoms with Gasteiger partial charge in [-0.1, -0.05) is 95.7 Å². The fourth-order valence-electron chi connectivity index (χ4n) is 8.14. The Balaban J connectivity index is 1.48. The summed E-state index contributed by atoms with van der Waals surface area (Å²) in [5.74, 6) is 1.49. The second-order valence-corrected chi connectivity index (χ2v) is 21.8. The Morgan fingerprint density at radius 3 is 2.24 bits per heavy atom. The van der Waals surface area contributed by atoms with Gasteiger partial charge < -0.3 is 32.8 Å². The lowest BCUT2D eigenvalue weighted by Gasteiger charge is -2.54. The predicted molar refractivity (Wildman–Crippen MR) is 202 cm³/mol. The summed E-state index contributed by atoms with van der Waals surface area (Å²) in [5.41, 5.74) is 3.22. The summed E-state index contributed by atoms with van der Waals surface area (Å²) >= 11 is 0. The minimum Gasteiger partial charge on any atom is -0.497 e. The third kappa shape index (κ3) is 8.59. The van der Waals surface area contributed by atoms with Crippen LogP contribution in [-0.2, 0) is 41.3 Å². The highest BCUT2D eigenvalue weighted by Gasteiger charge is 2.58. The molecule has 2 aromatic carbocycles. The van der Waals surface area contributed by atoms with Crippen LogP contribution >= 0.6 is 0 Å². The predicted octanol–water partition coefficient (Wildman–Crippen LogP) is 9.35. The van der Waals surface area contributed by atoms with E-state index in [9.17, 15) is 0 Å². The van der Waals surface area contributed by atoms with Gasteiger partial charge in [-0.25, -0.2) is 0 Å². The molecule has 7 atom stereocenters. The Labute approximate surface area is 303 Å². The van der Waals surface area contributed by atoms with Crippen molar-refractivity contribution in [3.63, 3.8) is 0 Å². The van der Waals surface area contributed by atoms with Crippen LogP contribution in [0.1, 0.15) is 78.4 Å². The standard InChI is InChI=1S/C42H64O7Si/c1-30-24-37(45-26-32-16-19-34(44-8)20-17-32)39(47-29-43-7)35-21-18-33(41(35,5)6)25-36(30)42(48-27-31-14-12-11-13-15-31)28-46-38(42)22-23-49-50(9,10)40(2,3)4/h11-17,19-20,25,30,35-39H,18,21-24,26-29H2,1-10H3/b33-25-/t30-,35+,36-,37+,38+,39+,42+/m0/s1. The van der Waals surface area contributed by atoms with Gasteiger partial charge in [-0.3, -0.25) is 0 Å². The highest BCUT2D eigenvalue weighted by molar-refractivity contribution is 6.74. The van der Waals surface area contributed by atoms with Gasteiger partial charge in [-0.05, 0) is 84.3 Å². The lowest BCUT2D eigenvalue weighted by atomic mass is 9.69. The molecule has 8 heteroatoms. The molecule has 2 aromatic rings. The van der Waals surface area contributed by atoms with Crippen molar-refractivity contribution < 1.29 is 32.8 Å². The van der Waals surface area contributed by atoms with Gasteiger partial charge in [0.25, 0.3) is 0 Å². The van der Waals surface area contributed by atoms with E-state index in [0.29, 0.717) is 32.3 Å². The van der Waals surface area contributed by atoms with Crippen molar-refractivity contribution in [1.29, 1.82) is 0 Å². The first kappa shape index (κ1) is 39.2. The molecule has 3 aliphatic rings. The van der Waals surface area contributed by atoms with Gasteiger partial charge in [-0.2, -0.15) is 0 Å². The minimum absolute atomic E-state index is 0.0689. The summed E-state index contributed by atoms with van der Waals surface area (Å²) in [6, 6.07) is 18.7. The first-order valence-corrected chi connectivity index (χ1v) is 21.6. The number of allylic oxidation sites excluding steroid dienone is 1. The summed E-state index contributed by atoms with van der Waals surface area (Å²) in [4.78, 5) is 0. The Kier molecular flexibility index (Phi) is 12.8.